The van der Waals surface area contributed by atoms with E-state index >= 15 is 0 Å². The number of hydrogen-bond donors (Lipinski definition) is 1. The average Bonchev–Trinajstić information content (AvgIpc) is 2.51. The molecular weight excluding hydrogens is 302 g/mol. The van der Waals surface area contributed by atoms with Gasteiger partial charge in [-0.05, 0) is 35.2 Å². The minimum absolute atomic E-state index is 0.0504. The number of carbonyl (C=O) groups is 1. The number of nitrogens with one attached hydrogen (secondary N) is 1. The van der Waals surface area contributed by atoms with Gasteiger partial charge in [-0.25, -0.2) is 0 Å². The molecule has 1 N–H and O–H groups in total. The van der Waals surface area contributed by atoms with Gasteiger partial charge in [0.1, 0.15) is 24.2 Å². The second-order valence-electron chi connectivity index (χ2n) is 5.14. The Morgan fingerprint density at radius 2 is 1.86 bits per heavy atom. The van der Waals surface area contributed by atoms with Crippen molar-refractivity contribution in [3.8, 4) is 5.75 Å². The SMILES string of the molecule is COC[C@H](COc1ccc(NC(=O)CC[S+](C)C)cc1)OC. The van der Waals surface area contributed by atoms with Gasteiger partial charge in [-0.1, -0.05) is 0 Å². The largest absolute Gasteiger partial charge is 0.491 e. The highest BCUT2D eigenvalue weighted by Gasteiger charge is 2.10. The van der Waals surface area contributed by atoms with Gasteiger partial charge in [-0.3, -0.25) is 4.79 Å². The lowest BCUT2D eigenvalue weighted by molar-refractivity contribution is -0.115. The Hall–Kier alpha value is -1.24. The summed E-state index contributed by atoms with van der Waals surface area (Å²) in [6.07, 6.45) is 4.73. The summed E-state index contributed by atoms with van der Waals surface area (Å²) in [7, 11) is 3.55. The van der Waals surface area contributed by atoms with Gasteiger partial charge in [0.05, 0.1) is 25.5 Å². The molecule has 0 aliphatic carbocycles. The lowest BCUT2D eigenvalue weighted by Gasteiger charge is -2.15. The van der Waals surface area contributed by atoms with Crippen molar-refractivity contribution in [1.82, 2.24) is 0 Å². The van der Waals surface area contributed by atoms with Crippen molar-refractivity contribution in [1.29, 1.82) is 0 Å². The molecule has 1 atom stereocenters. The quantitative estimate of drug-likeness (QED) is 0.667. The number of amides is 1. The van der Waals surface area contributed by atoms with E-state index in [0.29, 0.717) is 19.6 Å². The number of hydrogen-bond acceptors (Lipinski definition) is 4. The first-order valence-electron chi connectivity index (χ1n) is 7.13. The average molecular weight is 328 g/mol. The summed E-state index contributed by atoms with van der Waals surface area (Å²) < 4.78 is 15.9. The third kappa shape index (κ3) is 7.68. The lowest BCUT2D eigenvalue weighted by atomic mass is 10.3. The fourth-order valence-corrected chi connectivity index (χ4v) is 2.31. The maximum atomic E-state index is 11.8. The molecule has 5 nitrogen and oxygen atoms in total. The first-order valence-corrected chi connectivity index (χ1v) is 9.34. The van der Waals surface area contributed by atoms with E-state index in [2.05, 4.69) is 17.8 Å². The molecule has 1 aromatic carbocycles. The summed E-state index contributed by atoms with van der Waals surface area (Å²) in [5.41, 5.74) is 0.782. The fraction of sp³-hybridized carbons (Fsp3) is 0.562. The predicted octanol–water partition coefficient (Wildman–Crippen LogP) is 1.93. The van der Waals surface area contributed by atoms with Crippen LogP contribution in [-0.2, 0) is 25.2 Å². The van der Waals surface area contributed by atoms with E-state index in [1.165, 1.54) is 0 Å². The highest BCUT2D eigenvalue weighted by molar-refractivity contribution is 7.95. The van der Waals surface area contributed by atoms with Gasteiger partial charge in [0, 0.05) is 19.9 Å². The van der Waals surface area contributed by atoms with Crippen LogP contribution in [0.4, 0.5) is 5.69 Å². The van der Waals surface area contributed by atoms with Gasteiger partial charge in [-0.15, -0.1) is 0 Å². The molecule has 0 aliphatic rings. The molecule has 0 bridgehead atoms. The summed E-state index contributed by atoms with van der Waals surface area (Å²) >= 11 is 0. The van der Waals surface area contributed by atoms with Crippen LogP contribution in [0.25, 0.3) is 0 Å². The maximum absolute atomic E-state index is 11.8. The standard InChI is InChI=1S/C16H25NO4S/c1-19-11-15(20-2)12-21-14-7-5-13(6-8-14)17-16(18)9-10-22(3)4/h5-8,15H,9-12H2,1-4H3/p+1/t15-/m1/s1. The first-order chi connectivity index (χ1) is 10.5. The van der Waals surface area contributed by atoms with Crippen LogP contribution in [0, 0.1) is 0 Å². The van der Waals surface area contributed by atoms with Crippen LogP contribution in [0.2, 0.25) is 0 Å². The molecule has 6 heteroatoms. The Morgan fingerprint density at radius 1 is 1.18 bits per heavy atom. The van der Waals surface area contributed by atoms with Gasteiger partial charge in [-0.2, -0.15) is 0 Å². The number of methoxy groups -OCH3 is 2. The van der Waals surface area contributed by atoms with Gasteiger partial charge >= 0.3 is 0 Å². The maximum Gasteiger partial charge on any atom is 0.229 e. The zero-order chi connectivity index (χ0) is 16.4. The number of anilines is 1. The van der Waals surface area contributed by atoms with Crippen molar-refractivity contribution in [3.63, 3.8) is 0 Å². The predicted molar refractivity (Wildman–Crippen MR) is 91.9 cm³/mol. The Labute approximate surface area is 135 Å². The van der Waals surface area contributed by atoms with E-state index in [1.54, 1.807) is 14.2 Å². The Kier molecular flexibility index (Phi) is 8.96. The molecule has 0 aromatic heterocycles. The van der Waals surface area contributed by atoms with E-state index < -0.39 is 0 Å². The molecular formula is C16H26NO4S+. The van der Waals surface area contributed by atoms with Crippen molar-refractivity contribution in [2.75, 3.05) is 51.0 Å². The molecule has 1 rings (SSSR count). The summed E-state index contributed by atoms with van der Waals surface area (Å²) in [6, 6.07) is 7.34. The van der Waals surface area contributed by atoms with Crippen LogP contribution in [0.3, 0.4) is 0 Å². The van der Waals surface area contributed by atoms with Gasteiger partial charge < -0.3 is 19.5 Å². The highest BCUT2D eigenvalue weighted by atomic mass is 32.2. The number of rotatable bonds is 10. The molecule has 1 amide bonds. The zero-order valence-electron chi connectivity index (χ0n) is 13.8. The summed E-state index contributed by atoms with van der Waals surface area (Å²) in [5.74, 6) is 1.71. The van der Waals surface area contributed by atoms with Crippen LogP contribution in [0.5, 0.6) is 5.75 Å². The van der Waals surface area contributed by atoms with Crippen LogP contribution < -0.4 is 10.1 Å². The monoisotopic (exact) mass is 328 g/mol. The van der Waals surface area contributed by atoms with Crippen molar-refractivity contribution >= 4 is 22.5 Å². The second kappa shape index (κ2) is 10.5. The molecule has 0 radical (unpaired) electrons. The van der Waals surface area contributed by atoms with Crippen molar-refractivity contribution in [2.24, 2.45) is 0 Å². The molecule has 0 saturated carbocycles. The number of carbonyl (C=O) groups excluding carboxylic acids is 1. The molecule has 0 aliphatic heterocycles. The number of benzene rings is 1. The lowest BCUT2D eigenvalue weighted by Crippen LogP contribution is -2.25. The van der Waals surface area contributed by atoms with Crippen molar-refractivity contribution < 1.29 is 19.0 Å². The van der Waals surface area contributed by atoms with Gasteiger partial charge in [0.2, 0.25) is 5.91 Å². The molecule has 0 unspecified atom stereocenters. The summed E-state index contributed by atoms with van der Waals surface area (Å²) in [4.78, 5) is 11.8. The Morgan fingerprint density at radius 3 is 2.41 bits per heavy atom. The van der Waals surface area contributed by atoms with Crippen molar-refractivity contribution in [3.05, 3.63) is 24.3 Å². The fourth-order valence-electron chi connectivity index (χ4n) is 1.71. The Balaban J connectivity index is 2.40. The third-order valence-electron chi connectivity index (χ3n) is 3.00. The van der Waals surface area contributed by atoms with Gasteiger partial charge in [0.15, 0.2) is 0 Å². The molecule has 0 fully saturated rings. The zero-order valence-corrected chi connectivity index (χ0v) is 14.6. The van der Waals surface area contributed by atoms with Crippen molar-refractivity contribution in [2.45, 2.75) is 12.5 Å². The van der Waals surface area contributed by atoms with E-state index in [1.807, 2.05) is 24.3 Å². The molecule has 0 saturated heterocycles. The smallest absolute Gasteiger partial charge is 0.229 e. The molecule has 0 heterocycles. The summed E-state index contributed by atoms with van der Waals surface area (Å²) in [5, 5.41) is 2.89. The Bertz CT molecular complexity index is 436. The topological polar surface area (TPSA) is 56.8 Å². The first kappa shape index (κ1) is 18.8. The number of ether oxygens (including phenoxy) is 3. The van der Waals surface area contributed by atoms with E-state index in [0.717, 1.165) is 17.2 Å². The second-order valence-corrected chi connectivity index (χ2v) is 7.52. The molecule has 124 valence electrons. The summed E-state index contributed by atoms with van der Waals surface area (Å²) in [6.45, 7) is 0.909. The van der Waals surface area contributed by atoms with E-state index in [4.69, 9.17) is 14.2 Å². The normalized spacial score (nSPS) is 12.2. The highest BCUT2D eigenvalue weighted by Crippen LogP contribution is 2.16. The molecule has 22 heavy (non-hydrogen) atoms. The molecule has 0 spiro atoms. The minimum Gasteiger partial charge on any atom is -0.491 e. The van der Waals surface area contributed by atoms with E-state index in [-0.39, 0.29) is 22.9 Å². The van der Waals surface area contributed by atoms with Gasteiger partial charge in [0.25, 0.3) is 0 Å². The molecule has 1 aromatic rings. The van der Waals surface area contributed by atoms with Crippen LogP contribution in [0.15, 0.2) is 24.3 Å². The van der Waals surface area contributed by atoms with E-state index in [9.17, 15) is 4.79 Å². The van der Waals surface area contributed by atoms with Crippen LogP contribution in [-0.4, -0.2) is 57.7 Å². The van der Waals surface area contributed by atoms with Crippen LogP contribution in [0.1, 0.15) is 6.42 Å². The third-order valence-corrected chi connectivity index (χ3v) is 4.02. The van der Waals surface area contributed by atoms with Crippen LogP contribution >= 0.6 is 0 Å². The minimum atomic E-state index is -0.0961.